The van der Waals surface area contributed by atoms with Gasteiger partial charge in [-0.1, -0.05) is 35.7 Å². The zero-order valence-electron chi connectivity index (χ0n) is 10.3. The molecule has 1 aliphatic carbocycles. The Morgan fingerprint density at radius 1 is 1.17 bits per heavy atom. The monoisotopic (exact) mass is 318 g/mol. The summed E-state index contributed by atoms with van der Waals surface area (Å²) < 4.78 is 27.9. The van der Waals surface area contributed by atoms with Gasteiger partial charge in [-0.25, -0.2) is 8.78 Å². The van der Waals surface area contributed by atoms with Gasteiger partial charge in [-0.05, 0) is 36.8 Å². The first-order valence-electron chi connectivity index (χ1n) is 6.31. The first kappa shape index (κ1) is 13.9. The second-order valence-corrected chi connectivity index (χ2v) is 6.16. The lowest BCUT2D eigenvalue weighted by Crippen LogP contribution is -2.21. The lowest BCUT2D eigenvalue weighted by atomic mass is 9.78. The number of hydrogen-bond acceptors (Lipinski definition) is 1. The van der Waals surface area contributed by atoms with E-state index in [1.165, 1.54) is 12.1 Å². The van der Waals surface area contributed by atoms with Crippen molar-refractivity contribution >= 4 is 15.9 Å². The second kappa shape index (κ2) is 5.66. The molecule has 1 unspecified atom stereocenters. The van der Waals surface area contributed by atoms with Gasteiger partial charge in [-0.15, -0.1) is 0 Å². The number of aliphatic hydroxyl groups is 1. The average molecular weight is 319 g/mol. The topological polar surface area (TPSA) is 20.2 Å². The summed E-state index contributed by atoms with van der Waals surface area (Å²) in [4.78, 5) is 0. The minimum absolute atomic E-state index is 0.0358. The van der Waals surface area contributed by atoms with Crippen molar-refractivity contribution < 1.29 is 13.9 Å². The van der Waals surface area contributed by atoms with Gasteiger partial charge in [0.25, 0.3) is 0 Å². The lowest BCUT2D eigenvalue weighted by molar-refractivity contribution is 0.0694. The second-order valence-electron chi connectivity index (χ2n) is 5.25. The Morgan fingerprint density at radius 3 is 2.17 bits per heavy atom. The van der Waals surface area contributed by atoms with Gasteiger partial charge in [0.1, 0.15) is 11.6 Å². The predicted molar refractivity (Wildman–Crippen MR) is 70.1 cm³/mol. The van der Waals surface area contributed by atoms with Crippen LogP contribution in [0.3, 0.4) is 0 Å². The summed E-state index contributed by atoms with van der Waals surface area (Å²) in [7, 11) is 0. The van der Waals surface area contributed by atoms with Crippen LogP contribution in [0.5, 0.6) is 0 Å². The molecule has 4 heteroatoms. The van der Waals surface area contributed by atoms with Crippen LogP contribution in [0.1, 0.15) is 44.3 Å². The molecule has 0 aromatic heterocycles. The van der Waals surface area contributed by atoms with E-state index in [1.807, 2.05) is 0 Å². The van der Waals surface area contributed by atoms with Crippen LogP contribution in [0, 0.1) is 23.5 Å². The molecule has 0 saturated heterocycles. The molecule has 1 aromatic carbocycles. The summed E-state index contributed by atoms with van der Waals surface area (Å²) >= 11 is 3.04. The van der Waals surface area contributed by atoms with Gasteiger partial charge in [0.2, 0.25) is 0 Å². The van der Waals surface area contributed by atoms with E-state index in [-0.39, 0.29) is 11.5 Å². The summed E-state index contributed by atoms with van der Waals surface area (Å²) in [5, 5.41) is 10.2. The standard InChI is InChI=1S/C14H17BrF2O/c1-8-2-4-9(5-3-8)14(18)13-11(16)6-10(15)7-12(13)17/h6-9,14,18H,2-5H2,1H3. The maximum Gasteiger partial charge on any atom is 0.133 e. The molecule has 1 N–H and O–H groups in total. The molecule has 0 spiro atoms. The van der Waals surface area contributed by atoms with Crippen molar-refractivity contribution in [2.24, 2.45) is 11.8 Å². The highest BCUT2D eigenvalue weighted by Crippen LogP contribution is 2.38. The molecular formula is C14H17BrF2O. The molecule has 1 aromatic rings. The van der Waals surface area contributed by atoms with Crippen LogP contribution in [0.15, 0.2) is 16.6 Å². The summed E-state index contributed by atoms with van der Waals surface area (Å²) in [6, 6.07) is 2.40. The SMILES string of the molecule is CC1CCC(C(O)c2c(F)cc(Br)cc2F)CC1. The van der Waals surface area contributed by atoms with E-state index in [9.17, 15) is 13.9 Å². The fraction of sp³-hybridized carbons (Fsp3) is 0.571. The van der Waals surface area contributed by atoms with Crippen LogP contribution in [-0.2, 0) is 0 Å². The molecule has 1 nitrogen and oxygen atoms in total. The zero-order chi connectivity index (χ0) is 13.3. The molecule has 2 rings (SSSR count). The molecule has 100 valence electrons. The third kappa shape index (κ3) is 2.91. The van der Waals surface area contributed by atoms with Crippen LogP contribution in [0.4, 0.5) is 8.78 Å². The zero-order valence-corrected chi connectivity index (χ0v) is 11.9. The highest BCUT2D eigenvalue weighted by molar-refractivity contribution is 9.10. The van der Waals surface area contributed by atoms with Gasteiger partial charge < -0.3 is 5.11 Å². The Bertz CT molecular complexity index is 405. The molecule has 0 bridgehead atoms. The summed E-state index contributed by atoms with van der Waals surface area (Å²) in [5.74, 6) is -0.736. The molecule has 1 fully saturated rings. The summed E-state index contributed by atoms with van der Waals surface area (Å²) in [6.07, 6.45) is 2.66. The number of hydrogen-bond donors (Lipinski definition) is 1. The predicted octanol–water partition coefficient (Wildman–Crippen LogP) is 4.59. The van der Waals surface area contributed by atoms with Crippen LogP contribution in [-0.4, -0.2) is 5.11 Å². The summed E-state index contributed by atoms with van der Waals surface area (Å²) in [6.45, 7) is 2.17. The normalized spacial score (nSPS) is 26.1. The van der Waals surface area contributed by atoms with Crippen molar-refractivity contribution in [1.82, 2.24) is 0 Å². The van der Waals surface area contributed by atoms with E-state index in [0.717, 1.165) is 25.7 Å². The first-order valence-corrected chi connectivity index (χ1v) is 7.11. The molecule has 1 saturated carbocycles. The third-order valence-electron chi connectivity index (χ3n) is 3.85. The number of halogens is 3. The molecule has 0 amide bonds. The van der Waals surface area contributed by atoms with Gasteiger partial charge in [0.15, 0.2) is 0 Å². The minimum Gasteiger partial charge on any atom is -0.388 e. The summed E-state index contributed by atoms with van der Waals surface area (Å²) in [5.41, 5.74) is -0.183. The van der Waals surface area contributed by atoms with Gasteiger partial charge in [0, 0.05) is 4.47 Å². The molecule has 0 heterocycles. The molecule has 1 aliphatic rings. The van der Waals surface area contributed by atoms with Gasteiger partial charge in [0.05, 0.1) is 11.7 Å². The molecule has 1 atom stereocenters. The highest BCUT2D eigenvalue weighted by atomic mass is 79.9. The number of aliphatic hydroxyl groups excluding tert-OH is 1. The Labute approximate surface area is 114 Å². The fourth-order valence-corrected chi connectivity index (χ4v) is 3.08. The fourth-order valence-electron chi connectivity index (χ4n) is 2.67. The maximum absolute atomic E-state index is 13.8. The third-order valence-corrected chi connectivity index (χ3v) is 4.30. The van der Waals surface area contributed by atoms with E-state index in [0.29, 0.717) is 10.4 Å². The van der Waals surface area contributed by atoms with E-state index >= 15 is 0 Å². The van der Waals surface area contributed by atoms with Crippen molar-refractivity contribution in [1.29, 1.82) is 0 Å². The van der Waals surface area contributed by atoms with Crippen LogP contribution < -0.4 is 0 Å². The van der Waals surface area contributed by atoms with Crippen molar-refractivity contribution in [2.45, 2.75) is 38.7 Å². The van der Waals surface area contributed by atoms with E-state index in [2.05, 4.69) is 22.9 Å². The minimum atomic E-state index is -1.04. The Balaban J connectivity index is 2.21. The van der Waals surface area contributed by atoms with Crippen molar-refractivity contribution in [3.63, 3.8) is 0 Å². The molecule has 0 radical (unpaired) electrons. The van der Waals surface area contributed by atoms with Gasteiger partial charge in [-0.2, -0.15) is 0 Å². The Kier molecular flexibility index (Phi) is 4.38. The molecular weight excluding hydrogens is 302 g/mol. The molecule has 18 heavy (non-hydrogen) atoms. The highest BCUT2D eigenvalue weighted by Gasteiger charge is 2.29. The van der Waals surface area contributed by atoms with Crippen LogP contribution >= 0.6 is 15.9 Å². The molecule has 0 aliphatic heterocycles. The lowest BCUT2D eigenvalue weighted by Gasteiger charge is -2.30. The van der Waals surface area contributed by atoms with E-state index in [4.69, 9.17) is 0 Å². The quantitative estimate of drug-likeness (QED) is 0.845. The number of rotatable bonds is 2. The van der Waals surface area contributed by atoms with Crippen LogP contribution in [0.25, 0.3) is 0 Å². The Morgan fingerprint density at radius 2 is 1.67 bits per heavy atom. The maximum atomic E-state index is 13.8. The van der Waals surface area contributed by atoms with Crippen molar-refractivity contribution in [3.05, 3.63) is 33.8 Å². The Hall–Kier alpha value is -0.480. The first-order chi connectivity index (χ1) is 8.49. The largest absolute Gasteiger partial charge is 0.388 e. The number of benzene rings is 1. The average Bonchev–Trinajstić information content (AvgIpc) is 2.28. The van der Waals surface area contributed by atoms with E-state index in [1.54, 1.807) is 0 Å². The van der Waals surface area contributed by atoms with E-state index < -0.39 is 17.7 Å². The van der Waals surface area contributed by atoms with Crippen molar-refractivity contribution in [2.75, 3.05) is 0 Å². The van der Waals surface area contributed by atoms with Gasteiger partial charge in [-0.3, -0.25) is 0 Å². The van der Waals surface area contributed by atoms with Crippen molar-refractivity contribution in [3.8, 4) is 0 Å². The van der Waals surface area contributed by atoms with Gasteiger partial charge >= 0.3 is 0 Å². The smallest absolute Gasteiger partial charge is 0.133 e. The van der Waals surface area contributed by atoms with Crippen LogP contribution in [0.2, 0.25) is 0 Å².